The van der Waals surface area contributed by atoms with E-state index in [-0.39, 0.29) is 11.7 Å². The minimum Gasteiger partial charge on any atom is -0.497 e. The molecule has 4 rings (SSSR count). The predicted molar refractivity (Wildman–Crippen MR) is 136 cm³/mol. The van der Waals surface area contributed by atoms with Crippen molar-refractivity contribution in [3.05, 3.63) is 75.1 Å². The molecule has 0 aliphatic heterocycles. The van der Waals surface area contributed by atoms with Crippen LogP contribution in [-0.2, 0) is 11.3 Å². The number of ether oxygens (including phenoxy) is 1. The number of carbonyl (C=O) groups excluding carboxylic acids is 1. The fourth-order valence-corrected chi connectivity index (χ4v) is 5.55. The van der Waals surface area contributed by atoms with Gasteiger partial charge < -0.3 is 14.5 Å². The van der Waals surface area contributed by atoms with Gasteiger partial charge in [0.15, 0.2) is 11.0 Å². The van der Waals surface area contributed by atoms with Crippen LogP contribution < -0.4 is 10.1 Å². The van der Waals surface area contributed by atoms with E-state index >= 15 is 0 Å². The average molecular weight is 592 g/mol. The quantitative estimate of drug-likeness (QED) is 0.247. The van der Waals surface area contributed by atoms with Gasteiger partial charge in [-0.15, -0.1) is 10.2 Å². The Hall–Kier alpha value is -2.56. The first-order valence-corrected chi connectivity index (χ1v) is 12.5. The highest BCUT2D eigenvalue weighted by molar-refractivity contribution is 9.11. The molecule has 1 N–H and O–H groups in total. The van der Waals surface area contributed by atoms with E-state index in [0.717, 1.165) is 31.6 Å². The normalized spacial score (nSPS) is 10.9. The molecular weight excluding hydrogens is 572 g/mol. The van der Waals surface area contributed by atoms with Crippen LogP contribution in [0.1, 0.15) is 11.3 Å². The van der Waals surface area contributed by atoms with Crippen LogP contribution in [0, 0.1) is 6.92 Å². The summed E-state index contributed by atoms with van der Waals surface area (Å²) in [6.45, 7) is 2.42. The van der Waals surface area contributed by atoms with Crippen molar-refractivity contribution < 1.29 is 13.9 Å². The van der Waals surface area contributed by atoms with Gasteiger partial charge in [-0.25, -0.2) is 0 Å². The van der Waals surface area contributed by atoms with Crippen LogP contribution >= 0.6 is 43.6 Å². The molecule has 2 aromatic heterocycles. The van der Waals surface area contributed by atoms with Crippen LogP contribution in [0.15, 0.2) is 73.3 Å². The van der Waals surface area contributed by atoms with Gasteiger partial charge in [-0.1, -0.05) is 23.9 Å². The second-order valence-electron chi connectivity index (χ2n) is 7.14. The van der Waals surface area contributed by atoms with Crippen molar-refractivity contribution in [2.24, 2.45) is 0 Å². The molecule has 2 heterocycles. The molecule has 0 atom stereocenters. The molecule has 0 saturated heterocycles. The lowest BCUT2D eigenvalue weighted by atomic mass is 10.2. The maximum absolute atomic E-state index is 12.7. The van der Waals surface area contributed by atoms with Crippen LogP contribution in [-0.4, -0.2) is 33.5 Å². The van der Waals surface area contributed by atoms with Crippen LogP contribution in [0.2, 0.25) is 0 Å². The molecular formula is C23H20Br2N4O3S. The van der Waals surface area contributed by atoms with Crippen LogP contribution in [0.5, 0.6) is 5.75 Å². The first kappa shape index (κ1) is 23.6. The maximum Gasteiger partial charge on any atom is 0.234 e. The fourth-order valence-electron chi connectivity index (χ4n) is 3.20. The standard InChI is InChI=1S/C23H20Br2N4O3S/c1-14-9-18(24)21(19(25)10-14)26-20(30)13-33-23-28-27-22(15-5-3-6-16(11-15)31-2)29(23)12-17-7-4-8-32-17/h3-11H,12-13H2,1-2H3,(H,26,30). The molecule has 170 valence electrons. The average Bonchev–Trinajstić information content (AvgIpc) is 3.45. The van der Waals surface area contributed by atoms with Gasteiger partial charge in [-0.05, 0) is 80.7 Å². The van der Waals surface area contributed by atoms with Crippen molar-refractivity contribution >= 4 is 55.2 Å². The number of benzene rings is 2. The second kappa shape index (κ2) is 10.6. The lowest BCUT2D eigenvalue weighted by Gasteiger charge is -2.12. The number of nitrogens with zero attached hydrogens (tertiary/aromatic N) is 3. The number of furan rings is 1. The Labute approximate surface area is 212 Å². The number of carbonyl (C=O) groups is 1. The molecule has 0 unspecified atom stereocenters. The van der Waals surface area contributed by atoms with Gasteiger partial charge in [0.1, 0.15) is 11.5 Å². The third-order valence-electron chi connectivity index (χ3n) is 4.72. The van der Waals surface area contributed by atoms with Gasteiger partial charge in [-0.2, -0.15) is 0 Å². The largest absolute Gasteiger partial charge is 0.497 e. The number of methoxy groups -OCH3 is 1. The van der Waals surface area contributed by atoms with Crippen molar-refractivity contribution in [2.45, 2.75) is 18.6 Å². The minimum absolute atomic E-state index is 0.152. The fraction of sp³-hybridized carbons (Fsp3) is 0.174. The molecule has 0 fully saturated rings. The highest BCUT2D eigenvalue weighted by atomic mass is 79.9. The molecule has 0 radical (unpaired) electrons. The van der Waals surface area contributed by atoms with Crippen LogP contribution in [0.25, 0.3) is 11.4 Å². The summed E-state index contributed by atoms with van der Waals surface area (Å²) in [6.07, 6.45) is 1.63. The lowest BCUT2D eigenvalue weighted by Crippen LogP contribution is -2.15. The first-order valence-electron chi connectivity index (χ1n) is 9.93. The number of thioether (sulfide) groups is 1. The van der Waals surface area contributed by atoms with Gasteiger partial charge in [0.2, 0.25) is 5.91 Å². The topological polar surface area (TPSA) is 82.2 Å². The van der Waals surface area contributed by atoms with Gasteiger partial charge in [0.25, 0.3) is 0 Å². The molecule has 2 aromatic carbocycles. The molecule has 0 aliphatic rings. The zero-order valence-corrected chi connectivity index (χ0v) is 21.8. The molecule has 0 aliphatic carbocycles. The molecule has 33 heavy (non-hydrogen) atoms. The molecule has 10 heteroatoms. The number of anilines is 1. The molecule has 1 amide bonds. The van der Waals surface area contributed by atoms with Gasteiger partial charge in [-0.3, -0.25) is 9.36 Å². The summed E-state index contributed by atoms with van der Waals surface area (Å²) in [7, 11) is 1.62. The number of hydrogen-bond acceptors (Lipinski definition) is 6. The van der Waals surface area contributed by atoms with E-state index in [1.165, 1.54) is 11.8 Å². The molecule has 0 saturated carbocycles. The summed E-state index contributed by atoms with van der Waals surface area (Å²) in [5.41, 5.74) is 2.63. The van der Waals surface area contributed by atoms with Crippen LogP contribution in [0.3, 0.4) is 0 Å². The Kier molecular flexibility index (Phi) is 7.56. The Morgan fingerprint density at radius 3 is 2.64 bits per heavy atom. The number of nitrogens with one attached hydrogen (secondary N) is 1. The Balaban J connectivity index is 1.56. The number of halogens is 2. The van der Waals surface area contributed by atoms with Crippen molar-refractivity contribution in [1.82, 2.24) is 14.8 Å². The molecule has 4 aromatic rings. The maximum atomic E-state index is 12.7. The highest BCUT2D eigenvalue weighted by Gasteiger charge is 2.18. The zero-order valence-electron chi connectivity index (χ0n) is 17.8. The van der Waals surface area contributed by atoms with E-state index < -0.39 is 0 Å². The molecule has 0 bridgehead atoms. The second-order valence-corrected chi connectivity index (χ2v) is 9.80. The van der Waals surface area contributed by atoms with Crippen molar-refractivity contribution in [3.63, 3.8) is 0 Å². The van der Waals surface area contributed by atoms with E-state index in [4.69, 9.17) is 9.15 Å². The number of aromatic nitrogens is 3. The number of amides is 1. The van der Waals surface area contributed by atoms with E-state index in [9.17, 15) is 4.79 Å². The van der Waals surface area contributed by atoms with Crippen molar-refractivity contribution in [1.29, 1.82) is 0 Å². The van der Waals surface area contributed by atoms with Gasteiger partial charge in [0.05, 0.1) is 31.4 Å². The third-order valence-corrected chi connectivity index (χ3v) is 6.94. The van der Waals surface area contributed by atoms with Crippen molar-refractivity contribution in [3.8, 4) is 17.1 Å². The van der Waals surface area contributed by atoms with E-state index in [1.807, 2.05) is 60.0 Å². The summed E-state index contributed by atoms with van der Waals surface area (Å²) in [5, 5.41) is 12.3. The van der Waals surface area contributed by atoms with Crippen molar-refractivity contribution in [2.75, 3.05) is 18.2 Å². The van der Waals surface area contributed by atoms with Crippen LogP contribution in [0.4, 0.5) is 5.69 Å². The summed E-state index contributed by atoms with van der Waals surface area (Å²) in [6, 6.07) is 15.2. The number of rotatable bonds is 8. The van der Waals surface area contributed by atoms with E-state index in [2.05, 4.69) is 47.4 Å². The lowest BCUT2D eigenvalue weighted by molar-refractivity contribution is -0.113. The Morgan fingerprint density at radius 1 is 1.15 bits per heavy atom. The third kappa shape index (κ3) is 5.69. The number of aryl methyl sites for hydroxylation is 1. The minimum atomic E-state index is -0.152. The SMILES string of the molecule is COc1cccc(-c2nnc(SCC(=O)Nc3c(Br)cc(C)cc3Br)n2Cc2ccco2)c1. The zero-order chi connectivity index (χ0) is 23.4. The highest BCUT2D eigenvalue weighted by Crippen LogP contribution is 2.33. The van der Waals surface area contributed by atoms with E-state index in [0.29, 0.717) is 23.2 Å². The predicted octanol–water partition coefficient (Wildman–Crippen LogP) is 6.16. The smallest absolute Gasteiger partial charge is 0.234 e. The Bertz CT molecular complexity index is 1250. The van der Waals surface area contributed by atoms with Gasteiger partial charge in [0, 0.05) is 14.5 Å². The number of hydrogen-bond donors (Lipinski definition) is 1. The van der Waals surface area contributed by atoms with Gasteiger partial charge >= 0.3 is 0 Å². The first-order chi connectivity index (χ1) is 15.9. The summed E-state index contributed by atoms with van der Waals surface area (Å²) < 4.78 is 14.4. The summed E-state index contributed by atoms with van der Waals surface area (Å²) in [4.78, 5) is 12.7. The summed E-state index contributed by atoms with van der Waals surface area (Å²) in [5.74, 6) is 2.17. The Morgan fingerprint density at radius 2 is 1.94 bits per heavy atom. The monoisotopic (exact) mass is 590 g/mol. The summed E-state index contributed by atoms with van der Waals surface area (Å²) >= 11 is 8.33. The molecule has 7 nitrogen and oxygen atoms in total. The molecule has 0 spiro atoms. The van der Waals surface area contributed by atoms with E-state index in [1.54, 1.807) is 13.4 Å².